The van der Waals surface area contributed by atoms with Gasteiger partial charge in [-0.2, -0.15) is 0 Å². The predicted molar refractivity (Wildman–Crippen MR) is 115 cm³/mol. The fourth-order valence-corrected chi connectivity index (χ4v) is 3.34. The van der Waals surface area contributed by atoms with Crippen molar-refractivity contribution in [3.05, 3.63) is 40.7 Å². The van der Waals surface area contributed by atoms with Gasteiger partial charge in [0.05, 0.1) is 12.1 Å². The van der Waals surface area contributed by atoms with Gasteiger partial charge in [-0.1, -0.05) is 45.4 Å². The Morgan fingerprint density at radius 1 is 0.964 bits per heavy atom. The minimum atomic E-state index is -0.277. The molecule has 0 aliphatic heterocycles. The number of unbranched alkanes of at least 4 members (excludes halogenated alkanes) is 7. The predicted octanol–water partition coefficient (Wildman–Crippen LogP) is 4.90. The summed E-state index contributed by atoms with van der Waals surface area (Å²) in [6, 6.07) is 8.78. The number of hydrogen-bond donors (Lipinski definition) is 1. The van der Waals surface area contributed by atoms with Crippen molar-refractivity contribution in [3.8, 4) is 5.75 Å². The number of hydrogen-bond acceptors (Lipinski definition) is 4. The highest BCUT2D eigenvalue weighted by atomic mass is 16.5. The van der Waals surface area contributed by atoms with Gasteiger partial charge in [0.25, 0.3) is 5.56 Å². The van der Waals surface area contributed by atoms with Gasteiger partial charge in [-0.05, 0) is 49.4 Å². The van der Waals surface area contributed by atoms with Crippen molar-refractivity contribution in [2.45, 2.75) is 71.1 Å². The number of benzene rings is 1. The van der Waals surface area contributed by atoms with Crippen LogP contribution >= 0.6 is 0 Å². The van der Waals surface area contributed by atoms with Gasteiger partial charge >= 0.3 is 0 Å². The Hall–Kier alpha value is -2.14. The molecule has 0 spiro atoms. The van der Waals surface area contributed by atoms with Gasteiger partial charge in [-0.3, -0.25) is 9.59 Å². The number of aromatic nitrogens is 1. The zero-order chi connectivity index (χ0) is 20.2. The minimum absolute atomic E-state index is 0.135. The second-order valence-corrected chi connectivity index (χ2v) is 7.34. The molecule has 2 rings (SSSR count). The first-order chi connectivity index (χ1) is 13.7. The largest absolute Gasteiger partial charge is 0.494 e. The maximum atomic E-state index is 12.7. The van der Waals surface area contributed by atoms with Crippen molar-refractivity contribution >= 4 is 16.8 Å². The quantitative estimate of drug-likeness (QED) is 0.497. The number of ether oxygens (including phenoxy) is 1. The van der Waals surface area contributed by atoms with Crippen LogP contribution in [0.3, 0.4) is 0 Å². The first-order valence-electron chi connectivity index (χ1n) is 10.7. The molecule has 2 aromatic rings. The van der Waals surface area contributed by atoms with E-state index in [0.29, 0.717) is 30.8 Å². The van der Waals surface area contributed by atoms with Crippen LogP contribution in [0.1, 0.15) is 75.9 Å². The van der Waals surface area contributed by atoms with E-state index < -0.39 is 0 Å². The third kappa shape index (κ3) is 6.79. The first-order valence-corrected chi connectivity index (χ1v) is 10.7. The molecule has 0 unspecified atom stereocenters. The van der Waals surface area contributed by atoms with Crippen LogP contribution in [-0.4, -0.2) is 23.6 Å². The highest BCUT2D eigenvalue weighted by molar-refractivity contribution is 5.91. The molecule has 5 heteroatoms. The fraction of sp³-hybridized carbons (Fsp3) is 0.565. The van der Waals surface area contributed by atoms with E-state index in [1.165, 1.54) is 36.3 Å². The lowest BCUT2D eigenvalue weighted by Crippen LogP contribution is -2.26. The number of pyridine rings is 1. The average molecular weight is 387 g/mol. The lowest BCUT2D eigenvalue weighted by Gasteiger charge is -2.11. The van der Waals surface area contributed by atoms with Crippen molar-refractivity contribution in [1.82, 2.24) is 4.57 Å². The van der Waals surface area contributed by atoms with Gasteiger partial charge in [0.15, 0.2) is 0 Å². The Morgan fingerprint density at radius 3 is 2.43 bits per heavy atom. The summed E-state index contributed by atoms with van der Waals surface area (Å²) in [5, 5.41) is 0.863. The lowest BCUT2D eigenvalue weighted by atomic mass is 10.1. The molecule has 0 bridgehead atoms. The van der Waals surface area contributed by atoms with Crippen LogP contribution in [0, 0.1) is 0 Å². The van der Waals surface area contributed by atoms with Gasteiger partial charge in [0, 0.05) is 18.6 Å². The summed E-state index contributed by atoms with van der Waals surface area (Å²) < 4.78 is 7.06. The van der Waals surface area contributed by atoms with Gasteiger partial charge in [-0.25, -0.2) is 4.57 Å². The van der Waals surface area contributed by atoms with Crippen LogP contribution in [0.2, 0.25) is 0 Å². The molecule has 1 heterocycles. The number of fused-ring (bicyclic) bond motifs is 1. The highest BCUT2D eigenvalue weighted by Crippen LogP contribution is 2.21. The summed E-state index contributed by atoms with van der Waals surface area (Å²) in [5.74, 6) is 0.539. The monoisotopic (exact) mass is 386 g/mol. The van der Waals surface area contributed by atoms with Crippen molar-refractivity contribution in [3.63, 3.8) is 0 Å². The van der Waals surface area contributed by atoms with Crippen LogP contribution < -0.4 is 16.0 Å². The lowest BCUT2D eigenvalue weighted by molar-refractivity contribution is 0.0900. The zero-order valence-electron chi connectivity index (χ0n) is 17.1. The summed E-state index contributed by atoms with van der Waals surface area (Å²) in [7, 11) is 0. The van der Waals surface area contributed by atoms with E-state index in [1.807, 2.05) is 12.1 Å². The molecule has 0 aliphatic carbocycles. The number of carbonyl (C=O) groups excluding carboxylic acids is 1. The maximum absolute atomic E-state index is 12.7. The Balaban J connectivity index is 2.02. The van der Waals surface area contributed by atoms with Gasteiger partial charge in [0.2, 0.25) is 5.91 Å². The second kappa shape index (κ2) is 12.3. The van der Waals surface area contributed by atoms with E-state index >= 15 is 0 Å². The van der Waals surface area contributed by atoms with Crippen molar-refractivity contribution in [2.24, 2.45) is 5.73 Å². The standard InChI is InChI=1S/C23H34N2O3/c1-2-3-4-5-6-7-8-11-22(26)25-21-18-20(28-17-10-9-16-24)14-12-19(21)13-15-23(25)27/h12-15,18H,2-11,16-17,24H2,1H3. The number of carbonyl (C=O) groups is 1. The van der Waals surface area contributed by atoms with Crippen molar-refractivity contribution in [1.29, 1.82) is 0 Å². The molecule has 0 fully saturated rings. The minimum Gasteiger partial charge on any atom is -0.494 e. The molecule has 0 atom stereocenters. The molecule has 2 N–H and O–H groups in total. The first kappa shape index (κ1) is 22.2. The smallest absolute Gasteiger partial charge is 0.257 e. The number of nitrogens with two attached hydrogens (primary N) is 1. The van der Waals surface area contributed by atoms with Crippen LogP contribution in [0.4, 0.5) is 0 Å². The van der Waals surface area contributed by atoms with Gasteiger partial charge < -0.3 is 10.5 Å². The molecular weight excluding hydrogens is 352 g/mol. The van der Waals surface area contributed by atoms with E-state index in [4.69, 9.17) is 10.5 Å². The van der Waals surface area contributed by atoms with Gasteiger partial charge in [0.1, 0.15) is 5.75 Å². The van der Waals surface area contributed by atoms with E-state index in [0.717, 1.165) is 37.5 Å². The van der Waals surface area contributed by atoms with E-state index in [1.54, 1.807) is 12.1 Å². The topological polar surface area (TPSA) is 74.3 Å². The molecule has 1 aromatic heterocycles. The number of rotatable bonds is 13. The third-order valence-electron chi connectivity index (χ3n) is 4.98. The van der Waals surface area contributed by atoms with E-state index in [2.05, 4.69) is 6.92 Å². The summed E-state index contributed by atoms with van der Waals surface area (Å²) in [6.07, 6.45) is 10.2. The van der Waals surface area contributed by atoms with Gasteiger partial charge in [-0.15, -0.1) is 0 Å². The summed E-state index contributed by atoms with van der Waals surface area (Å²) in [4.78, 5) is 25.1. The second-order valence-electron chi connectivity index (χ2n) is 7.34. The molecule has 1 aromatic carbocycles. The summed E-state index contributed by atoms with van der Waals surface area (Å²) in [6.45, 7) is 3.43. The number of nitrogens with zero attached hydrogens (tertiary/aromatic N) is 1. The van der Waals surface area contributed by atoms with Crippen LogP contribution in [0.15, 0.2) is 35.1 Å². The van der Waals surface area contributed by atoms with Crippen LogP contribution in [-0.2, 0) is 0 Å². The molecular formula is C23H34N2O3. The molecule has 0 radical (unpaired) electrons. The molecule has 0 amide bonds. The summed E-state index contributed by atoms with van der Waals surface area (Å²) in [5.41, 5.74) is 5.85. The normalized spacial score (nSPS) is 11.1. The zero-order valence-corrected chi connectivity index (χ0v) is 17.1. The molecule has 0 saturated carbocycles. The van der Waals surface area contributed by atoms with E-state index in [9.17, 15) is 9.59 Å². The molecule has 28 heavy (non-hydrogen) atoms. The summed E-state index contributed by atoms with van der Waals surface area (Å²) >= 11 is 0. The Morgan fingerprint density at radius 2 is 1.68 bits per heavy atom. The highest BCUT2D eigenvalue weighted by Gasteiger charge is 2.12. The average Bonchev–Trinajstić information content (AvgIpc) is 2.70. The van der Waals surface area contributed by atoms with Crippen molar-refractivity contribution < 1.29 is 9.53 Å². The maximum Gasteiger partial charge on any atom is 0.257 e. The SMILES string of the molecule is CCCCCCCCCC(=O)n1c(=O)ccc2ccc(OCCCCN)cc21. The van der Waals surface area contributed by atoms with Crippen molar-refractivity contribution in [2.75, 3.05) is 13.2 Å². The molecule has 5 nitrogen and oxygen atoms in total. The van der Waals surface area contributed by atoms with Crippen LogP contribution in [0.25, 0.3) is 10.9 Å². The Labute approximate surface area is 167 Å². The molecule has 154 valence electrons. The van der Waals surface area contributed by atoms with E-state index in [-0.39, 0.29) is 11.5 Å². The Bertz CT molecular complexity index is 798. The molecule has 0 saturated heterocycles. The fourth-order valence-electron chi connectivity index (χ4n) is 3.34. The molecule has 0 aliphatic rings. The van der Waals surface area contributed by atoms with Crippen LogP contribution in [0.5, 0.6) is 5.75 Å². The third-order valence-corrected chi connectivity index (χ3v) is 4.98. The Kier molecular flexibility index (Phi) is 9.77.